The van der Waals surface area contributed by atoms with Crippen LogP contribution in [0.2, 0.25) is 0 Å². The molecule has 0 aromatic heterocycles. The van der Waals surface area contributed by atoms with Crippen molar-refractivity contribution in [2.24, 2.45) is 0 Å². The largest absolute Gasteiger partial charge is 0.339 e. The van der Waals surface area contributed by atoms with E-state index in [-0.39, 0.29) is 11.3 Å². The van der Waals surface area contributed by atoms with Crippen LogP contribution in [0.4, 0.5) is 4.79 Å². The highest BCUT2D eigenvalue weighted by Gasteiger charge is 2.22. The molecule has 2 rings (SSSR count). The summed E-state index contributed by atoms with van der Waals surface area (Å²) < 4.78 is 0. The average molecular weight is 179 g/mol. The van der Waals surface area contributed by atoms with Crippen molar-refractivity contribution in [1.29, 1.82) is 0 Å². The van der Waals surface area contributed by atoms with Crippen LogP contribution in [0.5, 0.6) is 0 Å². The molecule has 1 heterocycles. The molecule has 1 aliphatic rings. The maximum Gasteiger partial charge on any atom is 0.279 e. The van der Waals surface area contributed by atoms with Crippen molar-refractivity contribution in [3.8, 4) is 0 Å². The van der Waals surface area contributed by atoms with Gasteiger partial charge >= 0.3 is 0 Å². The third-order valence-corrected chi connectivity index (χ3v) is 2.76. The second-order valence-electron chi connectivity index (χ2n) is 2.71. The monoisotopic (exact) mass is 179 g/mol. The Kier molecular flexibility index (Phi) is 2.04. The van der Waals surface area contributed by atoms with Gasteiger partial charge in [-0.2, -0.15) is 0 Å². The molecular weight excluding hydrogens is 170 g/mol. The van der Waals surface area contributed by atoms with Gasteiger partial charge in [0, 0.05) is 5.75 Å². The normalized spacial score (nSPS) is 22.3. The number of rotatable bonds is 1. The first-order valence-corrected chi connectivity index (χ1v) is 4.83. The van der Waals surface area contributed by atoms with Gasteiger partial charge in [0.1, 0.15) is 0 Å². The number of amides is 1. The third kappa shape index (κ3) is 1.46. The summed E-state index contributed by atoms with van der Waals surface area (Å²) in [5, 5.41) is 2.98. The van der Waals surface area contributed by atoms with Gasteiger partial charge in [0.2, 0.25) is 0 Å². The Morgan fingerprint density at radius 1 is 1.33 bits per heavy atom. The van der Waals surface area contributed by atoms with E-state index in [1.807, 2.05) is 30.3 Å². The fraction of sp³-hybridized carbons (Fsp3) is 0.222. The molecule has 1 N–H and O–H groups in total. The lowest BCUT2D eigenvalue weighted by Gasteiger charge is -2.07. The number of benzene rings is 1. The molecule has 0 spiro atoms. The molecule has 1 saturated heterocycles. The van der Waals surface area contributed by atoms with Crippen molar-refractivity contribution in [1.82, 2.24) is 5.32 Å². The number of nitrogens with one attached hydrogen (secondary N) is 1. The summed E-state index contributed by atoms with van der Waals surface area (Å²) in [6.07, 6.45) is 0. The Morgan fingerprint density at radius 2 is 2.08 bits per heavy atom. The summed E-state index contributed by atoms with van der Waals surface area (Å²) in [6.45, 7) is 0. The number of hydrogen-bond acceptors (Lipinski definition) is 2. The maximum atomic E-state index is 10.9. The highest BCUT2D eigenvalue weighted by atomic mass is 32.2. The minimum Gasteiger partial charge on any atom is -0.339 e. The average Bonchev–Trinajstić information content (AvgIpc) is 2.54. The van der Waals surface area contributed by atoms with Crippen LogP contribution < -0.4 is 5.32 Å². The van der Waals surface area contributed by atoms with Crippen molar-refractivity contribution in [2.45, 2.75) is 6.04 Å². The van der Waals surface area contributed by atoms with Gasteiger partial charge in [0.05, 0.1) is 6.04 Å². The Labute approximate surface area is 75.4 Å². The smallest absolute Gasteiger partial charge is 0.279 e. The van der Waals surface area contributed by atoms with E-state index in [1.54, 1.807) is 0 Å². The predicted molar refractivity (Wildman–Crippen MR) is 50.2 cm³/mol. The van der Waals surface area contributed by atoms with E-state index in [1.165, 1.54) is 17.3 Å². The molecule has 0 aliphatic carbocycles. The summed E-state index contributed by atoms with van der Waals surface area (Å²) in [5.74, 6) is 0.850. The summed E-state index contributed by atoms with van der Waals surface area (Å²) >= 11 is 1.35. The van der Waals surface area contributed by atoms with E-state index in [4.69, 9.17) is 0 Å². The zero-order valence-electron chi connectivity index (χ0n) is 6.49. The Morgan fingerprint density at radius 3 is 2.67 bits per heavy atom. The molecule has 1 amide bonds. The maximum absolute atomic E-state index is 10.9. The molecule has 1 atom stereocenters. The van der Waals surface area contributed by atoms with Crippen molar-refractivity contribution < 1.29 is 4.79 Å². The second-order valence-corrected chi connectivity index (χ2v) is 3.70. The predicted octanol–water partition coefficient (Wildman–Crippen LogP) is 2.18. The summed E-state index contributed by atoms with van der Waals surface area (Å²) in [5.41, 5.74) is 1.19. The van der Waals surface area contributed by atoms with Gasteiger partial charge in [-0.1, -0.05) is 42.1 Å². The van der Waals surface area contributed by atoms with Crippen LogP contribution in [-0.4, -0.2) is 11.0 Å². The van der Waals surface area contributed by atoms with Crippen LogP contribution in [0.15, 0.2) is 30.3 Å². The minimum atomic E-state index is 0.0869. The van der Waals surface area contributed by atoms with Crippen molar-refractivity contribution in [3.05, 3.63) is 35.9 Å². The first-order valence-electron chi connectivity index (χ1n) is 3.84. The van der Waals surface area contributed by atoms with Gasteiger partial charge in [-0.25, -0.2) is 0 Å². The highest BCUT2D eigenvalue weighted by molar-refractivity contribution is 8.13. The molecular formula is C9H9NOS. The van der Waals surface area contributed by atoms with Crippen molar-refractivity contribution >= 4 is 17.0 Å². The lowest BCUT2D eigenvalue weighted by atomic mass is 10.1. The Balaban J connectivity index is 2.16. The van der Waals surface area contributed by atoms with E-state index in [0.717, 1.165) is 5.75 Å². The Hall–Kier alpha value is -0.960. The minimum absolute atomic E-state index is 0.0869. The van der Waals surface area contributed by atoms with Crippen molar-refractivity contribution in [3.63, 3.8) is 0 Å². The molecule has 0 bridgehead atoms. The van der Waals surface area contributed by atoms with E-state index < -0.39 is 0 Å². The number of hydrogen-bond donors (Lipinski definition) is 1. The van der Waals surface area contributed by atoms with Crippen LogP contribution in [0.3, 0.4) is 0 Å². The van der Waals surface area contributed by atoms with Gasteiger partial charge in [-0.05, 0) is 5.56 Å². The summed E-state index contributed by atoms with van der Waals surface area (Å²) in [6, 6.07) is 10.2. The quantitative estimate of drug-likeness (QED) is 0.716. The number of thioether (sulfide) groups is 1. The molecule has 1 aromatic carbocycles. The van der Waals surface area contributed by atoms with Crippen LogP contribution >= 0.6 is 11.8 Å². The van der Waals surface area contributed by atoms with Gasteiger partial charge in [0.25, 0.3) is 5.24 Å². The Bertz CT molecular complexity index is 286. The zero-order valence-corrected chi connectivity index (χ0v) is 7.30. The third-order valence-electron chi connectivity index (χ3n) is 1.88. The van der Waals surface area contributed by atoms with Crippen molar-refractivity contribution in [2.75, 3.05) is 5.75 Å². The highest BCUT2D eigenvalue weighted by Crippen LogP contribution is 2.25. The fourth-order valence-corrected chi connectivity index (χ4v) is 2.07. The van der Waals surface area contributed by atoms with E-state index in [2.05, 4.69) is 5.32 Å². The lowest BCUT2D eigenvalue weighted by Crippen LogP contribution is -2.17. The van der Waals surface area contributed by atoms with Gasteiger partial charge in [-0.15, -0.1) is 0 Å². The molecule has 3 heteroatoms. The zero-order chi connectivity index (χ0) is 8.39. The topological polar surface area (TPSA) is 29.1 Å². The number of carbonyl (C=O) groups is 1. The molecule has 1 fully saturated rings. The van der Waals surface area contributed by atoms with Crippen LogP contribution in [0.1, 0.15) is 11.6 Å². The first-order chi connectivity index (χ1) is 5.86. The molecule has 0 radical (unpaired) electrons. The van der Waals surface area contributed by atoms with Gasteiger partial charge in [-0.3, -0.25) is 4.79 Å². The molecule has 1 unspecified atom stereocenters. The van der Waals surface area contributed by atoms with Gasteiger partial charge < -0.3 is 5.32 Å². The van der Waals surface area contributed by atoms with Crippen LogP contribution in [0.25, 0.3) is 0 Å². The molecule has 1 aliphatic heterocycles. The molecule has 12 heavy (non-hydrogen) atoms. The molecule has 62 valence electrons. The molecule has 2 nitrogen and oxygen atoms in total. The van der Waals surface area contributed by atoms with E-state index >= 15 is 0 Å². The SMILES string of the molecule is O=C1NC(c2ccccc2)CS1. The number of carbonyl (C=O) groups excluding carboxylic acids is 1. The van der Waals surface area contributed by atoms with Gasteiger partial charge in [0.15, 0.2) is 0 Å². The van der Waals surface area contributed by atoms with Crippen LogP contribution in [-0.2, 0) is 0 Å². The fourth-order valence-electron chi connectivity index (χ4n) is 1.25. The summed E-state index contributed by atoms with van der Waals surface area (Å²) in [4.78, 5) is 10.9. The summed E-state index contributed by atoms with van der Waals surface area (Å²) in [7, 11) is 0. The standard InChI is InChI=1S/C9H9NOS/c11-9-10-8(6-12-9)7-4-2-1-3-5-7/h1-5,8H,6H2,(H,10,11). The molecule has 1 aromatic rings. The lowest BCUT2D eigenvalue weighted by molar-refractivity contribution is 0.260. The van der Waals surface area contributed by atoms with E-state index in [0.29, 0.717) is 0 Å². The van der Waals surface area contributed by atoms with Crippen LogP contribution in [0, 0.1) is 0 Å². The second kappa shape index (κ2) is 3.19. The molecule has 0 saturated carbocycles. The first kappa shape index (κ1) is 7.68. The van der Waals surface area contributed by atoms with E-state index in [9.17, 15) is 4.79 Å².